The summed E-state index contributed by atoms with van der Waals surface area (Å²) in [5.74, 6) is 3.35. The van der Waals surface area contributed by atoms with Gasteiger partial charge in [-0.2, -0.15) is 0 Å². The molecule has 6 aromatic rings. The van der Waals surface area contributed by atoms with Crippen molar-refractivity contribution in [1.82, 2.24) is 0 Å². The highest BCUT2D eigenvalue weighted by molar-refractivity contribution is 6.67. The third-order valence-electron chi connectivity index (χ3n) is 6.35. The Bertz CT molecular complexity index is 1520. The van der Waals surface area contributed by atoms with Crippen molar-refractivity contribution in [2.45, 2.75) is 0 Å². The monoisotopic (exact) mass is 518 g/mol. The molecule has 0 amide bonds. The average Bonchev–Trinajstić information content (AvgIpc) is 2.99. The first-order chi connectivity index (χ1) is 19.3. The second-order valence-electron chi connectivity index (χ2n) is 9.17. The highest BCUT2D eigenvalue weighted by Crippen LogP contribution is 2.28. The van der Waals surface area contributed by atoms with E-state index >= 15 is 0 Å². The molecule has 0 unspecified atom stereocenters. The molecule has 0 aromatic heterocycles. The number of hydrogen-bond donors (Lipinski definition) is 0. The van der Waals surface area contributed by atoms with Crippen LogP contribution >= 0.6 is 0 Å². The van der Waals surface area contributed by atoms with E-state index in [2.05, 4.69) is 72.8 Å². The van der Waals surface area contributed by atoms with Crippen molar-refractivity contribution in [3.05, 3.63) is 158 Å². The average molecular weight is 519 g/mol. The van der Waals surface area contributed by atoms with Crippen LogP contribution in [0.3, 0.4) is 0 Å². The summed E-state index contributed by atoms with van der Waals surface area (Å²) in [6.45, 7) is 0. The first-order valence-electron chi connectivity index (χ1n) is 12.9. The predicted octanol–water partition coefficient (Wildman–Crippen LogP) is 8.26. The third kappa shape index (κ3) is 6.35. The van der Waals surface area contributed by atoms with Crippen LogP contribution in [0.4, 0.5) is 0 Å². The molecule has 2 nitrogen and oxygen atoms in total. The minimum atomic E-state index is 0.593. The second kappa shape index (κ2) is 11.7. The Hall–Kier alpha value is -4.86. The fourth-order valence-corrected chi connectivity index (χ4v) is 5.39. The van der Waals surface area contributed by atoms with Gasteiger partial charge in [-0.3, -0.25) is 0 Å². The van der Waals surface area contributed by atoms with E-state index in [4.69, 9.17) is 9.47 Å². The molecule has 0 aliphatic rings. The number of benzene rings is 6. The van der Waals surface area contributed by atoms with Crippen LogP contribution in [0.2, 0.25) is 0 Å². The van der Waals surface area contributed by atoms with Gasteiger partial charge in [-0.1, -0.05) is 120 Å². The van der Waals surface area contributed by atoms with Crippen LogP contribution in [0.25, 0.3) is 22.3 Å². The lowest BCUT2D eigenvalue weighted by atomic mass is 10.1. The lowest BCUT2D eigenvalue weighted by Crippen LogP contribution is -2.26. The minimum Gasteiger partial charge on any atom is -0.457 e. The zero-order chi connectivity index (χ0) is 26.3. The highest BCUT2D eigenvalue weighted by Gasteiger charge is 2.06. The number of hydrogen-bond acceptors (Lipinski definition) is 2. The molecule has 2 radical (unpaired) electrons. The molecule has 186 valence electrons. The van der Waals surface area contributed by atoms with Crippen LogP contribution < -0.4 is 19.8 Å². The molecule has 0 fully saturated rings. The molecule has 0 atom stereocenters. The van der Waals surface area contributed by atoms with Crippen LogP contribution in [0.1, 0.15) is 0 Å². The van der Waals surface area contributed by atoms with E-state index in [1.165, 1.54) is 21.5 Å². The fourth-order valence-electron chi connectivity index (χ4n) is 4.39. The Morgan fingerprint density at radius 2 is 0.692 bits per heavy atom. The van der Waals surface area contributed by atoms with Gasteiger partial charge in [-0.15, -0.1) is 0 Å². The zero-order valence-corrected chi connectivity index (χ0v) is 22.3. The van der Waals surface area contributed by atoms with E-state index in [0.29, 0.717) is 9.52 Å². The van der Waals surface area contributed by atoms with Gasteiger partial charge < -0.3 is 9.47 Å². The molecule has 0 N–H and O–H groups in total. The van der Waals surface area contributed by atoms with Gasteiger partial charge in [-0.05, 0) is 70.8 Å². The molecule has 0 saturated carbocycles. The van der Waals surface area contributed by atoms with Gasteiger partial charge in [-0.25, -0.2) is 0 Å². The lowest BCUT2D eigenvalue weighted by molar-refractivity contribution is 0.482. The lowest BCUT2D eigenvalue weighted by Gasteiger charge is -2.09. The van der Waals surface area contributed by atoms with E-state index in [-0.39, 0.29) is 0 Å². The van der Waals surface area contributed by atoms with Crippen LogP contribution in [-0.2, 0) is 0 Å². The van der Waals surface area contributed by atoms with Crippen molar-refractivity contribution in [1.29, 1.82) is 0 Å². The van der Waals surface area contributed by atoms with Gasteiger partial charge in [0.15, 0.2) is 0 Å². The summed E-state index contributed by atoms with van der Waals surface area (Å²) >= 11 is 0. The SMILES string of the molecule is c1ccc(Oc2cccc(-c3ccc([Si]c4ccc(-c5cccc(Oc6ccccc6)c5)cc4)cc3)c2)cc1. The molecule has 6 rings (SSSR count). The highest BCUT2D eigenvalue weighted by atomic mass is 28.2. The molecule has 6 aromatic carbocycles. The maximum Gasteiger partial charge on any atom is 0.128 e. The summed E-state index contributed by atoms with van der Waals surface area (Å²) in [7, 11) is 0.593. The molecule has 0 aliphatic heterocycles. The van der Waals surface area contributed by atoms with Crippen LogP contribution in [0, 0.1) is 0 Å². The van der Waals surface area contributed by atoms with Crippen LogP contribution in [-0.4, -0.2) is 9.52 Å². The van der Waals surface area contributed by atoms with Gasteiger partial charge >= 0.3 is 0 Å². The summed E-state index contributed by atoms with van der Waals surface area (Å²) in [5, 5.41) is 2.61. The van der Waals surface area contributed by atoms with Crippen molar-refractivity contribution in [2.24, 2.45) is 0 Å². The summed E-state index contributed by atoms with van der Waals surface area (Å²) in [5.41, 5.74) is 4.63. The van der Waals surface area contributed by atoms with Gasteiger partial charge in [0.2, 0.25) is 0 Å². The van der Waals surface area contributed by atoms with Gasteiger partial charge in [0.25, 0.3) is 0 Å². The van der Waals surface area contributed by atoms with Gasteiger partial charge in [0.1, 0.15) is 32.5 Å². The quantitative estimate of drug-likeness (QED) is 0.189. The summed E-state index contributed by atoms with van der Waals surface area (Å²) in [6, 6.07) is 53.8. The first kappa shape index (κ1) is 24.5. The normalized spacial score (nSPS) is 10.7. The van der Waals surface area contributed by atoms with Crippen LogP contribution in [0.15, 0.2) is 158 Å². The Balaban J connectivity index is 1.11. The topological polar surface area (TPSA) is 18.5 Å². The van der Waals surface area contributed by atoms with Crippen molar-refractivity contribution in [2.75, 3.05) is 0 Å². The zero-order valence-electron chi connectivity index (χ0n) is 21.3. The molecule has 0 heterocycles. The van der Waals surface area contributed by atoms with Crippen LogP contribution in [0.5, 0.6) is 23.0 Å². The molecule has 0 bridgehead atoms. The summed E-state index contributed by atoms with van der Waals surface area (Å²) in [4.78, 5) is 0. The standard InChI is InChI=1S/C36H26O2Si/c1-3-11-31(12-4-1)37-33-15-7-9-29(25-33)27-17-21-35(22-18-27)39-36-23-19-28(20-24-36)30-10-8-16-34(26-30)38-32-13-5-2-6-14-32/h1-26H. The molecular weight excluding hydrogens is 492 g/mol. The Kier molecular flexibility index (Phi) is 7.33. The number of para-hydroxylation sites is 2. The Morgan fingerprint density at radius 3 is 1.10 bits per heavy atom. The largest absolute Gasteiger partial charge is 0.457 e. The molecule has 0 saturated heterocycles. The summed E-state index contributed by atoms with van der Waals surface area (Å²) in [6.07, 6.45) is 0. The third-order valence-corrected chi connectivity index (χ3v) is 7.60. The van der Waals surface area contributed by atoms with E-state index in [9.17, 15) is 0 Å². The smallest absolute Gasteiger partial charge is 0.128 e. The summed E-state index contributed by atoms with van der Waals surface area (Å²) < 4.78 is 12.0. The van der Waals surface area contributed by atoms with Crippen molar-refractivity contribution in [3.63, 3.8) is 0 Å². The van der Waals surface area contributed by atoms with E-state index in [0.717, 1.165) is 34.1 Å². The molecule has 3 heteroatoms. The van der Waals surface area contributed by atoms with Gasteiger partial charge in [0.05, 0.1) is 0 Å². The van der Waals surface area contributed by atoms with Crippen molar-refractivity contribution < 1.29 is 9.47 Å². The maximum absolute atomic E-state index is 6.01. The minimum absolute atomic E-state index is 0.593. The predicted molar refractivity (Wildman–Crippen MR) is 162 cm³/mol. The van der Waals surface area contributed by atoms with E-state index in [1.54, 1.807) is 0 Å². The number of ether oxygens (including phenoxy) is 2. The first-order valence-corrected chi connectivity index (χ1v) is 13.9. The van der Waals surface area contributed by atoms with E-state index < -0.39 is 0 Å². The van der Waals surface area contributed by atoms with E-state index in [1.807, 2.05) is 84.9 Å². The van der Waals surface area contributed by atoms with Gasteiger partial charge in [0, 0.05) is 0 Å². The fraction of sp³-hybridized carbons (Fsp3) is 0. The van der Waals surface area contributed by atoms with Crippen molar-refractivity contribution in [3.8, 4) is 45.3 Å². The molecular formula is C36H26O2Si. The molecule has 0 spiro atoms. The Morgan fingerprint density at radius 1 is 0.308 bits per heavy atom. The maximum atomic E-state index is 6.01. The second-order valence-corrected chi connectivity index (χ2v) is 10.6. The molecule has 0 aliphatic carbocycles. The van der Waals surface area contributed by atoms with Crippen molar-refractivity contribution >= 4 is 19.9 Å². The number of rotatable bonds is 8. The Labute approximate surface area is 232 Å². The molecule has 39 heavy (non-hydrogen) atoms.